The number of hydrogen-bond acceptors (Lipinski definition) is 5. The van der Waals surface area contributed by atoms with Crippen molar-refractivity contribution in [1.82, 2.24) is 10.2 Å². The van der Waals surface area contributed by atoms with Gasteiger partial charge in [0.1, 0.15) is 5.82 Å². The highest BCUT2D eigenvalue weighted by atomic mass is 35.5. The van der Waals surface area contributed by atoms with Crippen LogP contribution in [0.15, 0.2) is 55.1 Å². The maximum atomic E-state index is 14.0. The molecule has 148 valence electrons. The van der Waals surface area contributed by atoms with Crippen molar-refractivity contribution < 1.29 is 14.0 Å². The first-order valence-corrected chi connectivity index (χ1v) is 9.76. The van der Waals surface area contributed by atoms with Crippen LogP contribution in [-0.2, 0) is 16.0 Å². The van der Waals surface area contributed by atoms with Gasteiger partial charge in [-0.05, 0) is 42.3 Å². The molecule has 0 atom stereocenters. The molecule has 29 heavy (non-hydrogen) atoms. The second-order valence-corrected chi connectivity index (χ2v) is 7.33. The van der Waals surface area contributed by atoms with Crippen LogP contribution in [-0.4, -0.2) is 22.0 Å². The summed E-state index contributed by atoms with van der Waals surface area (Å²) in [6, 6.07) is 11.5. The Morgan fingerprint density at radius 3 is 2.59 bits per heavy atom. The van der Waals surface area contributed by atoms with Crippen molar-refractivity contribution >= 4 is 45.6 Å². The summed E-state index contributed by atoms with van der Waals surface area (Å²) in [5.41, 5.74) is 1.75. The number of carbonyl (C=O) groups is 2. The summed E-state index contributed by atoms with van der Waals surface area (Å²) in [6.07, 6.45) is 1.93. The summed E-state index contributed by atoms with van der Waals surface area (Å²) in [5.74, 6) is -1.03. The Morgan fingerprint density at radius 1 is 1.14 bits per heavy atom. The number of amides is 2. The topological polar surface area (TPSA) is 84.0 Å². The number of benzene rings is 2. The van der Waals surface area contributed by atoms with E-state index < -0.39 is 5.82 Å². The third-order valence-corrected chi connectivity index (χ3v) is 5.07. The molecule has 6 nitrogen and oxygen atoms in total. The lowest BCUT2D eigenvalue weighted by molar-refractivity contribution is -0.116. The first-order valence-electron chi connectivity index (χ1n) is 8.56. The maximum Gasteiger partial charge on any atom is 0.247 e. The van der Waals surface area contributed by atoms with Crippen molar-refractivity contribution in [1.29, 1.82) is 0 Å². The minimum atomic E-state index is -0.501. The third-order valence-electron chi connectivity index (χ3n) is 3.90. The number of aromatic nitrogens is 2. The van der Waals surface area contributed by atoms with Crippen molar-refractivity contribution in [2.24, 2.45) is 0 Å². The monoisotopic (exact) mass is 430 g/mol. The minimum absolute atomic E-state index is 0.163. The molecule has 0 spiro atoms. The molecule has 3 rings (SSSR count). The second kappa shape index (κ2) is 9.40. The predicted octanol–water partition coefficient (Wildman–Crippen LogP) is 4.69. The van der Waals surface area contributed by atoms with Gasteiger partial charge in [-0.25, -0.2) is 4.39 Å². The van der Waals surface area contributed by atoms with E-state index in [4.69, 9.17) is 11.6 Å². The van der Waals surface area contributed by atoms with Crippen molar-refractivity contribution in [3.8, 4) is 10.6 Å². The Morgan fingerprint density at radius 2 is 1.90 bits per heavy atom. The number of nitrogens with zero attached hydrogens (tertiary/aromatic N) is 2. The second-order valence-electron chi connectivity index (χ2n) is 5.95. The lowest BCUT2D eigenvalue weighted by Gasteiger charge is -2.05. The summed E-state index contributed by atoms with van der Waals surface area (Å²) in [5, 5.41) is 13.9. The van der Waals surface area contributed by atoms with Crippen molar-refractivity contribution in [2.75, 3.05) is 10.6 Å². The van der Waals surface area contributed by atoms with E-state index in [0.717, 1.165) is 16.9 Å². The average molecular weight is 431 g/mol. The predicted molar refractivity (Wildman–Crippen MR) is 113 cm³/mol. The number of aryl methyl sites for hydroxylation is 1. The van der Waals surface area contributed by atoms with Crippen molar-refractivity contribution in [2.45, 2.75) is 12.8 Å². The minimum Gasteiger partial charge on any atom is -0.323 e. The van der Waals surface area contributed by atoms with Gasteiger partial charge in [-0.1, -0.05) is 47.7 Å². The molecule has 0 aliphatic carbocycles. The van der Waals surface area contributed by atoms with E-state index in [9.17, 15) is 14.0 Å². The van der Waals surface area contributed by atoms with Crippen LogP contribution in [0.25, 0.3) is 10.6 Å². The summed E-state index contributed by atoms with van der Waals surface area (Å²) < 4.78 is 14.0. The van der Waals surface area contributed by atoms with Gasteiger partial charge < -0.3 is 10.6 Å². The molecule has 0 fully saturated rings. The molecule has 0 saturated carbocycles. The molecule has 2 N–H and O–H groups in total. The fraction of sp³-hybridized carbons (Fsp3) is 0.100. The molecule has 2 amide bonds. The highest BCUT2D eigenvalue weighted by Crippen LogP contribution is 2.33. The molecule has 0 aliphatic rings. The lowest BCUT2D eigenvalue weighted by Crippen LogP contribution is -2.12. The SMILES string of the molecule is C=CC(=O)Nc1ccc(CCC(=O)Nc2nnc(-c3c(F)cccc3Cl)s2)cc1. The molecule has 1 heterocycles. The first-order chi connectivity index (χ1) is 14.0. The molecule has 0 saturated heterocycles. The van der Waals surface area contributed by atoms with E-state index in [1.807, 2.05) is 12.1 Å². The largest absolute Gasteiger partial charge is 0.323 e. The number of hydrogen-bond donors (Lipinski definition) is 2. The molecule has 0 unspecified atom stereocenters. The Balaban J connectivity index is 1.56. The summed E-state index contributed by atoms with van der Waals surface area (Å²) in [7, 11) is 0. The Kier molecular flexibility index (Phi) is 6.69. The van der Waals surface area contributed by atoms with Gasteiger partial charge in [0.2, 0.25) is 16.9 Å². The lowest BCUT2D eigenvalue weighted by atomic mass is 10.1. The molecule has 2 aromatic carbocycles. The Labute approximate surface area is 175 Å². The quantitative estimate of drug-likeness (QED) is 0.532. The summed E-state index contributed by atoms with van der Waals surface area (Å²) >= 11 is 7.07. The van der Waals surface area contributed by atoms with E-state index in [1.165, 1.54) is 18.2 Å². The maximum absolute atomic E-state index is 14.0. The van der Waals surface area contributed by atoms with Crippen molar-refractivity contribution in [3.63, 3.8) is 0 Å². The zero-order valence-electron chi connectivity index (χ0n) is 15.1. The van der Waals surface area contributed by atoms with Gasteiger partial charge in [0, 0.05) is 12.1 Å². The molecule has 0 aliphatic heterocycles. The summed E-state index contributed by atoms with van der Waals surface area (Å²) in [6.45, 7) is 3.39. The number of anilines is 2. The summed E-state index contributed by atoms with van der Waals surface area (Å²) in [4.78, 5) is 23.4. The van der Waals surface area contributed by atoms with Crippen LogP contribution < -0.4 is 10.6 Å². The highest BCUT2D eigenvalue weighted by molar-refractivity contribution is 7.18. The van der Waals surface area contributed by atoms with Gasteiger partial charge >= 0.3 is 0 Å². The zero-order valence-corrected chi connectivity index (χ0v) is 16.7. The van der Waals surface area contributed by atoms with Crippen LogP contribution in [0.3, 0.4) is 0 Å². The normalized spacial score (nSPS) is 10.4. The van der Waals surface area contributed by atoms with Gasteiger partial charge in [0.25, 0.3) is 0 Å². The van der Waals surface area contributed by atoms with E-state index in [0.29, 0.717) is 17.1 Å². The standard InChI is InChI=1S/C20H16ClFN4O2S/c1-2-16(27)23-13-9-6-12(7-10-13)8-11-17(28)24-20-26-25-19(29-20)18-14(21)4-3-5-15(18)22/h2-7,9-10H,1,8,11H2,(H,23,27)(H,24,26,28). The van der Waals surface area contributed by atoms with Crippen LogP contribution in [0.2, 0.25) is 5.02 Å². The van der Waals surface area contributed by atoms with E-state index >= 15 is 0 Å². The Bertz CT molecular complexity index is 1030. The fourth-order valence-corrected chi connectivity index (χ4v) is 3.59. The molecule has 9 heteroatoms. The van der Waals surface area contributed by atoms with Crippen LogP contribution >= 0.6 is 22.9 Å². The zero-order chi connectivity index (χ0) is 20.8. The molecular formula is C20H16ClFN4O2S. The van der Waals surface area contributed by atoms with Gasteiger partial charge in [-0.3, -0.25) is 9.59 Å². The number of carbonyl (C=O) groups excluding carboxylic acids is 2. The van der Waals surface area contributed by atoms with Crippen LogP contribution in [0.4, 0.5) is 15.2 Å². The molecular weight excluding hydrogens is 415 g/mol. The molecule has 3 aromatic rings. The van der Waals surface area contributed by atoms with E-state index in [-0.39, 0.29) is 34.0 Å². The molecule has 1 aromatic heterocycles. The smallest absolute Gasteiger partial charge is 0.247 e. The van der Waals surface area contributed by atoms with Gasteiger partial charge in [0.05, 0.1) is 10.6 Å². The third kappa shape index (κ3) is 5.46. The molecule has 0 bridgehead atoms. The van der Waals surface area contributed by atoms with Crippen LogP contribution in [0.1, 0.15) is 12.0 Å². The Hall–Kier alpha value is -3.10. The average Bonchev–Trinajstić information content (AvgIpc) is 3.15. The van der Waals surface area contributed by atoms with Crippen LogP contribution in [0.5, 0.6) is 0 Å². The van der Waals surface area contributed by atoms with E-state index in [1.54, 1.807) is 18.2 Å². The van der Waals surface area contributed by atoms with Crippen molar-refractivity contribution in [3.05, 3.63) is 71.5 Å². The number of rotatable bonds is 7. The van der Waals surface area contributed by atoms with Gasteiger partial charge in [-0.2, -0.15) is 0 Å². The fourth-order valence-electron chi connectivity index (χ4n) is 2.46. The van der Waals surface area contributed by atoms with E-state index in [2.05, 4.69) is 27.4 Å². The first kappa shape index (κ1) is 20.6. The van der Waals surface area contributed by atoms with Gasteiger partial charge in [-0.15, -0.1) is 10.2 Å². The number of halogens is 2. The molecule has 0 radical (unpaired) electrons. The number of nitrogens with one attached hydrogen (secondary N) is 2. The van der Waals surface area contributed by atoms with Gasteiger partial charge in [0.15, 0.2) is 5.01 Å². The van der Waals surface area contributed by atoms with Crippen LogP contribution in [0, 0.1) is 5.82 Å². The highest BCUT2D eigenvalue weighted by Gasteiger charge is 2.16.